The number of esters is 1. The Morgan fingerprint density at radius 1 is 1.36 bits per heavy atom. The summed E-state index contributed by atoms with van der Waals surface area (Å²) < 4.78 is 5.41. The highest BCUT2D eigenvalue weighted by Gasteiger charge is 2.31. The first-order valence-electron chi connectivity index (χ1n) is 7.08. The van der Waals surface area contributed by atoms with Crippen molar-refractivity contribution >= 4 is 46.3 Å². The molecule has 0 atom stereocenters. The van der Waals surface area contributed by atoms with Gasteiger partial charge in [0, 0.05) is 13.0 Å². The number of amides is 1. The van der Waals surface area contributed by atoms with Crippen molar-refractivity contribution < 1.29 is 14.3 Å². The molecule has 0 saturated carbocycles. The summed E-state index contributed by atoms with van der Waals surface area (Å²) in [4.78, 5) is 25.8. The summed E-state index contributed by atoms with van der Waals surface area (Å²) >= 11 is 6.55. The Labute approximate surface area is 139 Å². The minimum Gasteiger partial charge on any atom is -0.466 e. The van der Waals surface area contributed by atoms with Gasteiger partial charge in [0.2, 0.25) is 0 Å². The highest BCUT2D eigenvalue weighted by Crippen LogP contribution is 2.32. The van der Waals surface area contributed by atoms with E-state index in [4.69, 9.17) is 17.0 Å². The fraction of sp³-hybridized carbons (Fsp3) is 0.312. The molecule has 2 rings (SSSR count). The number of thiocarbonyl (C=S) groups is 1. The number of carbonyl (C=O) groups is 2. The molecule has 0 aliphatic carbocycles. The second-order valence-corrected chi connectivity index (χ2v) is 6.33. The van der Waals surface area contributed by atoms with Crippen molar-refractivity contribution in [2.45, 2.75) is 19.8 Å². The van der Waals surface area contributed by atoms with Crippen LogP contribution in [-0.2, 0) is 14.3 Å². The minimum absolute atomic E-state index is 0.0947. The SMILES string of the molecule is CCOC(=O)CCCN1C(=O)/C(=C\c2ccccc2)SC1=S. The van der Waals surface area contributed by atoms with Gasteiger partial charge in [0.05, 0.1) is 11.5 Å². The van der Waals surface area contributed by atoms with Crippen molar-refractivity contribution in [3.63, 3.8) is 0 Å². The topological polar surface area (TPSA) is 46.6 Å². The fourth-order valence-corrected chi connectivity index (χ4v) is 3.32. The van der Waals surface area contributed by atoms with Gasteiger partial charge in [0.15, 0.2) is 0 Å². The maximum Gasteiger partial charge on any atom is 0.305 e. The van der Waals surface area contributed by atoms with Gasteiger partial charge in [-0.25, -0.2) is 0 Å². The molecule has 0 aromatic heterocycles. The van der Waals surface area contributed by atoms with E-state index in [0.29, 0.717) is 35.2 Å². The van der Waals surface area contributed by atoms with Crippen molar-refractivity contribution in [3.8, 4) is 0 Å². The van der Waals surface area contributed by atoms with Gasteiger partial charge in [0.25, 0.3) is 5.91 Å². The van der Waals surface area contributed by atoms with Crippen molar-refractivity contribution in [2.24, 2.45) is 0 Å². The predicted octanol–water partition coefficient (Wildman–Crippen LogP) is 3.23. The highest BCUT2D eigenvalue weighted by molar-refractivity contribution is 8.26. The van der Waals surface area contributed by atoms with Crippen LogP contribution in [0.25, 0.3) is 6.08 Å². The molecule has 4 nitrogen and oxygen atoms in total. The Morgan fingerprint density at radius 2 is 2.09 bits per heavy atom. The monoisotopic (exact) mass is 335 g/mol. The number of benzene rings is 1. The molecule has 1 aliphatic rings. The largest absolute Gasteiger partial charge is 0.466 e. The summed E-state index contributed by atoms with van der Waals surface area (Å²) in [6.07, 6.45) is 2.68. The third kappa shape index (κ3) is 4.42. The van der Waals surface area contributed by atoms with E-state index in [-0.39, 0.29) is 11.9 Å². The molecule has 0 unspecified atom stereocenters. The van der Waals surface area contributed by atoms with E-state index in [1.54, 1.807) is 11.8 Å². The number of ether oxygens (including phenoxy) is 1. The van der Waals surface area contributed by atoms with E-state index in [0.717, 1.165) is 5.56 Å². The summed E-state index contributed by atoms with van der Waals surface area (Å²) in [5, 5.41) is 0. The molecule has 116 valence electrons. The molecule has 22 heavy (non-hydrogen) atoms. The molecule has 6 heteroatoms. The summed E-state index contributed by atoms with van der Waals surface area (Å²) in [5.41, 5.74) is 0.967. The quantitative estimate of drug-likeness (QED) is 0.454. The molecule has 1 heterocycles. The van der Waals surface area contributed by atoms with E-state index in [9.17, 15) is 9.59 Å². The Hall–Kier alpha value is -1.66. The van der Waals surface area contributed by atoms with Crippen molar-refractivity contribution in [3.05, 3.63) is 40.8 Å². The molecule has 0 N–H and O–H groups in total. The van der Waals surface area contributed by atoms with Crippen LogP contribution in [0.4, 0.5) is 0 Å². The average molecular weight is 335 g/mol. The van der Waals surface area contributed by atoms with E-state index in [1.807, 2.05) is 36.4 Å². The lowest BCUT2D eigenvalue weighted by Gasteiger charge is -2.13. The Morgan fingerprint density at radius 3 is 2.77 bits per heavy atom. The molecular formula is C16H17NO3S2. The first-order valence-corrected chi connectivity index (χ1v) is 8.30. The lowest BCUT2D eigenvalue weighted by molar-refractivity contribution is -0.143. The van der Waals surface area contributed by atoms with Crippen LogP contribution in [0.5, 0.6) is 0 Å². The van der Waals surface area contributed by atoms with Gasteiger partial charge in [-0.2, -0.15) is 0 Å². The van der Waals surface area contributed by atoms with Gasteiger partial charge < -0.3 is 4.74 Å². The molecule has 1 amide bonds. The zero-order valence-electron chi connectivity index (χ0n) is 12.3. The molecule has 0 bridgehead atoms. The highest BCUT2D eigenvalue weighted by atomic mass is 32.2. The third-order valence-electron chi connectivity index (χ3n) is 3.04. The van der Waals surface area contributed by atoms with Crippen LogP contribution < -0.4 is 0 Å². The van der Waals surface area contributed by atoms with Gasteiger partial charge in [-0.3, -0.25) is 14.5 Å². The summed E-state index contributed by atoms with van der Waals surface area (Å²) in [6.45, 7) is 2.59. The lowest BCUT2D eigenvalue weighted by atomic mass is 10.2. The first-order chi connectivity index (χ1) is 10.6. The molecule has 1 aliphatic heterocycles. The van der Waals surface area contributed by atoms with E-state index < -0.39 is 0 Å². The second kappa shape index (κ2) is 8.10. The van der Waals surface area contributed by atoms with Crippen molar-refractivity contribution in [1.82, 2.24) is 4.90 Å². The molecule has 1 fully saturated rings. The number of carbonyl (C=O) groups excluding carboxylic acids is 2. The molecule has 1 aromatic rings. The summed E-state index contributed by atoms with van der Waals surface area (Å²) in [6, 6.07) is 9.65. The lowest BCUT2D eigenvalue weighted by Crippen LogP contribution is -2.29. The van der Waals surface area contributed by atoms with Crippen LogP contribution in [0.2, 0.25) is 0 Å². The van der Waals surface area contributed by atoms with Gasteiger partial charge in [-0.15, -0.1) is 0 Å². The number of hydrogen-bond donors (Lipinski definition) is 0. The number of rotatable bonds is 6. The normalized spacial score (nSPS) is 16.4. The second-order valence-electron chi connectivity index (χ2n) is 4.65. The fourth-order valence-electron chi connectivity index (χ4n) is 2.01. The number of nitrogens with zero attached hydrogens (tertiary/aromatic N) is 1. The van der Waals surface area contributed by atoms with E-state index in [2.05, 4.69) is 0 Å². The average Bonchev–Trinajstić information content (AvgIpc) is 2.76. The van der Waals surface area contributed by atoms with Crippen LogP contribution in [0.3, 0.4) is 0 Å². The van der Waals surface area contributed by atoms with Gasteiger partial charge in [0.1, 0.15) is 4.32 Å². The zero-order valence-corrected chi connectivity index (χ0v) is 13.9. The summed E-state index contributed by atoms with van der Waals surface area (Å²) in [5.74, 6) is -0.338. The zero-order chi connectivity index (χ0) is 15.9. The number of hydrogen-bond acceptors (Lipinski definition) is 5. The van der Waals surface area contributed by atoms with Gasteiger partial charge >= 0.3 is 5.97 Å². The van der Waals surface area contributed by atoms with Crippen molar-refractivity contribution in [1.29, 1.82) is 0 Å². The smallest absolute Gasteiger partial charge is 0.305 e. The molecule has 1 saturated heterocycles. The summed E-state index contributed by atoms with van der Waals surface area (Å²) in [7, 11) is 0. The standard InChI is InChI=1S/C16H17NO3S2/c1-2-20-14(18)9-6-10-17-15(19)13(22-16(17)21)11-12-7-4-3-5-8-12/h3-5,7-8,11H,2,6,9-10H2,1H3/b13-11+. The van der Waals surface area contributed by atoms with Crippen LogP contribution >= 0.6 is 24.0 Å². The maximum atomic E-state index is 12.4. The van der Waals surface area contributed by atoms with Crippen LogP contribution in [-0.4, -0.2) is 34.2 Å². The molecule has 0 spiro atoms. The Kier molecular flexibility index (Phi) is 6.15. The van der Waals surface area contributed by atoms with Crippen LogP contribution in [0.15, 0.2) is 35.2 Å². The Balaban J connectivity index is 1.94. The molecule has 1 aromatic carbocycles. The van der Waals surface area contributed by atoms with Gasteiger partial charge in [-0.1, -0.05) is 54.3 Å². The van der Waals surface area contributed by atoms with Crippen LogP contribution in [0, 0.1) is 0 Å². The molecular weight excluding hydrogens is 318 g/mol. The van der Waals surface area contributed by atoms with Crippen LogP contribution in [0.1, 0.15) is 25.3 Å². The van der Waals surface area contributed by atoms with Crippen molar-refractivity contribution in [2.75, 3.05) is 13.2 Å². The maximum absolute atomic E-state index is 12.4. The number of thioether (sulfide) groups is 1. The van der Waals surface area contributed by atoms with E-state index in [1.165, 1.54) is 11.8 Å². The predicted molar refractivity (Wildman–Crippen MR) is 92.2 cm³/mol. The Bertz CT molecular complexity index is 599. The van der Waals surface area contributed by atoms with Gasteiger partial charge in [-0.05, 0) is 25.0 Å². The first kappa shape index (κ1) is 16.7. The third-order valence-corrected chi connectivity index (χ3v) is 4.42. The minimum atomic E-state index is -0.243. The van der Waals surface area contributed by atoms with E-state index >= 15 is 0 Å². The molecule has 0 radical (unpaired) electrons.